The second-order valence-electron chi connectivity index (χ2n) is 13.1. The first-order chi connectivity index (χ1) is 19.5. The van der Waals surface area contributed by atoms with E-state index in [0.717, 1.165) is 28.7 Å². The van der Waals surface area contributed by atoms with E-state index in [-0.39, 0.29) is 23.8 Å². The molecule has 0 radical (unpaired) electrons. The Morgan fingerprint density at radius 3 is 2.10 bits per heavy atom. The topological polar surface area (TPSA) is 87.7 Å². The Kier molecular flexibility index (Phi) is 12.6. The van der Waals surface area contributed by atoms with E-state index in [4.69, 9.17) is 4.74 Å². The van der Waals surface area contributed by atoms with Crippen LogP contribution in [0.3, 0.4) is 0 Å². The minimum absolute atomic E-state index is 0.191. The molecular weight excluding hydrogens is 526 g/mol. The molecule has 7 heteroatoms. The summed E-state index contributed by atoms with van der Waals surface area (Å²) >= 11 is 0. The lowest BCUT2D eigenvalue weighted by Gasteiger charge is -2.40. The molecule has 0 bridgehead atoms. The number of hydrogen-bond donors (Lipinski definition) is 2. The van der Waals surface area contributed by atoms with Crippen LogP contribution in [0.2, 0.25) is 0 Å². The van der Waals surface area contributed by atoms with E-state index in [0.29, 0.717) is 24.4 Å². The SMILES string of the molecule is CCC(C)C(NC(=O)OC(C)(C)C)C(=O)N(C(C)CCC(C)C)C(C(=O)Nc1ccccc1C)c1ccc(C)cc1C. The van der Waals surface area contributed by atoms with Crippen molar-refractivity contribution in [2.45, 2.75) is 119 Å². The van der Waals surface area contributed by atoms with Crippen molar-refractivity contribution in [3.05, 3.63) is 64.7 Å². The van der Waals surface area contributed by atoms with Gasteiger partial charge in [0.05, 0.1) is 0 Å². The van der Waals surface area contributed by atoms with Gasteiger partial charge in [0.2, 0.25) is 5.91 Å². The van der Waals surface area contributed by atoms with Crippen molar-refractivity contribution >= 4 is 23.6 Å². The molecule has 2 rings (SSSR count). The van der Waals surface area contributed by atoms with E-state index in [2.05, 4.69) is 24.5 Å². The monoisotopic (exact) mass is 579 g/mol. The van der Waals surface area contributed by atoms with Crippen molar-refractivity contribution in [2.75, 3.05) is 5.32 Å². The van der Waals surface area contributed by atoms with Gasteiger partial charge in [0.25, 0.3) is 5.91 Å². The summed E-state index contributed by atoms with van der Waals surface area (Å²) < 4.78 is 5.55. The molecule has 7 nitrogen and oxygen atoms in total. The Bertz CT molecular complexity index is 1220. The molecule has 0 aliphatic carbocycles. The quantitative estimate of drug-likeness (QED) is 0.268. The van der Waals surface area contributed by atoms with Gasteiger partial charge in [0.1, 0.15) is 17.7 Å². The number of ether oxygens (including phenoxy) is 1. The molecule has 0 fully saturated rings. The number of rotatable bonds is 12. The largest absolute Gasteiger partial charge is 0.444 e. The van der Waals surface area contributed by atoms with Crippen LogP contribution in [-0.4, -0.2) is 40.5 Å². The van der Waals surface area contributed by atoms with Crippen molar-refractivity contribution in [1.29, 1.82) is 0 Å². The number of anilines is 1. The fraction of sp³-hybridized carbons (Fsp3) is 0.571. The number of alkyl carbamates (subject to hydrolysis) is 1. The normalized spacial score (nSPS) is 14.5. The van der Waals surface area contributed by atoms with Crippen molar-refractivity contribution in [2.24, 2.45) is 11.8 Å². The minimum Gasteiger partial charge on any atom is -0.444 e. The maximum absolute atomic E-state index is 14.7. The van der Waals surface area contributed by atoms with Gasteiger partial charge < -0.3 is 20.3 Å². The molecule has 0 saturated carbocycles. The summed E-state index contributed by atoms with van der Waals surface area (Å²) in [6.45, 7) is 21.5. The molecule has 0 heterocycles. The van der Waals surface area contributed by atoms with Crippen LogP contribution in [0.25, 0.3) is 0 Å². The fourth-order valence-corrected chi connectivity index (χ4v) is 5.05. The number of nitrogens with zero attached hydrogens (tertiary/aromatic N) is 1. The minimum atomic E-state index is -0.910. The van der Waals surface area contributed by atoms with Crippen molar-refractivity contribution < 1.29 is 19.1 Å². The molecule has 4 atom stereocenters. The predicted octanol–water partition coefficient (Wildman–Crippen LogP) is 7.88. The summed E-state index contributed by atoms with van der Waals surface area (Å²) in [6.07, 6.45) is 1.60. The molecular formula is C35H53N3O4. The molecule has 42 heavy (non-hydrogen) atoms. The van der Waals surface area contributed by atoms with Gasteiger partial charge in [0.15, 0.2) is 0 Å². The molecule has 0 aliphatic heterocycles. The highest BCUT2D eigenvalue weighted by Gasteiger charge is 2.41. The Hall–Kier alpha value is -3.35. The summed E-state index contributed by atoms with van der Waals surface area (Å²) in [5.74, 6) is -0.350. The average Bonchev–Trinajstić information content (AvgIpc) is 2.89. The van der Waals surface area contributed by atoms with E-state index in [9.17, 15) is 14.4 Å². The molecule has 4 unspecified atom stereocenters. The third kappa shape index (κ3) is 9.88. The Labute approximate surface area is 253 Å². The molecule has 0 aromatic heterocycles. The van der Waals surface area contributed by atoms with Gasteiger partial charge in [-0.3, -0.25) is 9.59 Å². The number of amides is 3. The maximum Gasteiger partial charge on any atom is 0.408 e. The standard InChI is InChI=1S/C35H53N3O4/c1-12-24(5)30(37-34(41)42-35(9,10)11)33(40)38(27(8)19-17-22(2)3)31(28-20-18-23(4)21-26(28)7)32(39)36-29-16-14-13-15-25(29)6/h13-16,18,20-22,24,27,30-31H,12,17,19H2,1-11H3,(H,36,39)(H,37,41). The van der Waals surface area contributed by atoms with Crippen LogP contribution in [0.15, 0.2) is 42.5 Å². The van der Waals surface area contributed by atoms with Crippen molar-refractivity contribution in [3.8, 4) is 0 Å². The summed E-state index contributed by atoms with van der Waals surface area (Å²) in [6, 6.07) is 11.5. The highest BCUT2D eigenvalue weighted by Crippen LogP contribution is 2.32. The summed E-state index contributed by atoms with van der Waals surface area (Å²) in [7, 11) is 0. The molecule has 2 aromatic rings. The third-order valence-electron chi connectivity index (χ3n) is 7.69. The predicted molar refractivity (Wildman–Crippen MR) is 171 cm³/mol. The Morgan fingerprint density at radius 2 is 1.55 bits per heavy atom. The maximum atomic E-state index is 14.7. The highest BCUT2D eigenvalue weighted by atomic mass is 16.6. The Morgan fingerprint density at radius 1 is 0.905 bits per heavy atom. The summed E-state index contributed by atoms with van der Waals surface area (Å²) in [5.41, 5.74) is 3.67. The summed E-state index contributed by atoms with van der Waals surface area (Å²) in [5, 5.41) is 5.98. The Balaban J connectivity index is 2.71. The zero-order chi connectivity index (χ0) is 31.8. The van der Waals surface area contributed by atoms with Crippen LogP contribution < -0.4 is 10.6 Å². The molecule has 0 aliphatic rings. The van der Waals surface area contributed by atoms with Gasteiger partial charge in [-0.1, -0.05) is 76.1 Å². The van der Waals surface area contributed by atoms with Crippen LogP contribution in [0.5, 0.6) is 0 Å². The number of benzene rings is 2. The number of carbonyl (C=O) groups is 3. The third-order valence-corrected chi connectivity index (χ3v) is 7.69. The van der Waals surface area contributed by atoms with E-state index in [1.54, 1.807) is 25.7 Å². The van der Waals surface area contributed by atoms with E-state index in [1.807, 2.05) is 84.0 Å². The summed E-state index contributed by atoms with van der Waals surface area (Å²) in [4.78, 5) is 43.7. The number of aryl methyl sites for hydroxylation is 3. The zero-order valence-corrected chi connectivity index (χ0v) is 27.6. The van der Waals surface area contributed by atoms with Crippen LogP contribution in [-0.2, 0) is 14.3 Å². The lowest BCUT2D eigenvalue weighted by molar-refractivity contribution is -0.144. The lowest BCUT2D eigenvalue weighted by atomic mass is 9.91. The van der Waals surface area contributed by atoms with Crippen LogP contribution in [0.1, 0.15) is 103 Å². The smallest absolute Gasteiger partial charge is 0.408 e. The van der Waals surface area contributed by atoms with Gasteiger partial charge in [-0.05, 0) is 95.9 Å². The highest BCUT2D eigenvalue weighted by molar-refractivity contribution is 5.99. The van der Waals surface area contributed by atoms with Crippen LogP contribution >= 0.6 is 0 Å². The number of nitrogens with one attached hydrogen (secondary N) is 2. The van der Waals surface area contributed by atoms with Gasteiger partial charge in [-0.25, -0.2) is 4.79 Å². The number of carbonyl (C=O) groups excluding carboxylic acids is 3. The second-order valence-corrected chi connectivity index (χ2v) is 13.1. The molecule has 3 amide bonds. The fourth-order valence-electron chi connectivity index (χ4n) is 5.05. The second kappa shape index (κ2) is 15.2. The van der Waals surface area contributed by atoms with E-state index >= 15 is 0 Å². The molecule has 232 valence electrons. The van der Waals surface area contributed by atoms with Gasteiger partial charge in [-0.2, -0.15) is 0 Å². The molecule has 0 spiro atoms. The van der Waals surface area contributed by atoms with E-state index in [1.165, 1.54) is 0 Å². The first-order valence-corrected chi connectivity index (χ1v) is 15.3. The van der Waals surface area contributed by atoms with Crippen LogP contribution in [0.4, 0.5) is 10.5 Å². The van der Waals surface area contributed by atoms with E-state index < -0.39 is 23.8 Å². The van der Waals surface area contributed by atoms with Crippen LogP contribution in [0, 0.1) is 32.6 Å². The lowest BCUT2D eigenvalue weighted by Crippen LogP contribution is -2.57. The van der Waals surface area contributed by atoms with Crippen molar-refractivity contribution in [3.63, 3.8) is 0 Å². The number of para-hydroxylation sites is 1. The zero-order valence-electron chi connectivity index (χ0n) is 27.6. The average molecular weight is 580 g/mol. The molecule has 2 N–H and O–H groups in total. The molecule has 2 aromatic carbocycles. The van der Waals surface area contributed by atoms with Gasteiger partial charge in [-0.15, -0.1) is 0 Å². The van der Waals surface area contributed by atoms with Crippen molar-refractivity contribution in [1.82, 2.24) is 10.2 Å². The van der Waals surface area contributed by atoms with Gasteiger partial charge >= 0.3 is 6.09 Å². The first kappa shape index (κ1) is 34.8. The first-order valence-electron chi connectivity index (χ1n) is 15.3. The molecule has 0 saturated heterocycles. The van der Waals surface area contributed by atoms with Gasteiger partial charge in [0, 0.05) is 11.7 Å². The number of hydrogen-bond acceptors (Lipinski definition) is 4.